The van der Waals surface area contributed by atoms with Gasteiger partial charge in [-0.2, -0.15) is 0 Å². The van der Waals surface area contributed by atoms with E-state index in [1.165, 1.54) is 7.11 Å². The summed E-state index contributed by atoms with van der Waals surface area (Å²) >= 11 is 6.44. The highest BCUT2D eigenvalue weighted by Gasteiger charge is 2.13. The van der Waals surface area contributed by atoms with Crippen LogP contribution in [0.2, 0.25) is 0 Å². The summed E-state index contributed by atoms with van der Waals surface area (Å²) in [6.45, 7) is 0. The van der Waals surface area contributed by atoms with Crippen LogP contribution in [0.3, 0.4) is 0 Å². The number of methoxy groups -OCH3 is 1. The first-order valence-corrected chi connectivity index (χ1v) is 4.36. The highest BCUT2D eigenvalue weighted by Crippen LogP contribution is 2.26. The zero-order chi connectivity index (χ0) is 8.43. The first-order chi connectivity index (χ1) is 5.16. The van der Waals surface area contributed by atoms with Gasteiger partial charge in [0.1, 0.15) is 5.69 Å². The molecule has 0 aliphatic rings. The normalized spacial score (nSPS) is 9.73. The lowest BCUT2D eigenvalue weighted by Crippen LogP contribution is -2.01. The molecule has 0 aromatic carbocycles. The van der Waals surface area contributed by atoms with E-state index < -0.39 is 0 Å². The van der Waals surface area contributed by atoms with Crippen molar-refractivity contribution in [2.75, 3.05) is 7.11 Å². The lowest BCUT2D eigenvalue weighted by atomic mass is 10.4. The molecule has 1 aromatic heterocycles. The molecule has 0 aliphatic heterocycles. The highest BCUT2D eigenvalue weighted by molar-refractivity contribution is 9.13. The van der Waals surface area contributed by atoms with Crippen LogP contribution >= 0.6 is 31.9 Å². The molecule has 60 valence electrons. The Morgan fingerprint density at radius 1 is 1.64 bits per heavy atom. The topological polar surface area (TPSA) is 42.1 Å². The molecular weight excluding hydrogens is 278 g/mol. The molecule has 0 atom stereocenters. The molecule has 0 saturated heterocycles. The summed E-state index contributed by atoms with van der Waals surface area (Å²) in [6, 6.07) is 0. The number of ether oxygens (including phenoxy) is 1. The van der Waals surface area contributed by atoms with Crippen LogP contribution in [0, 0.1) is 0 Å². The molecule has 0 amide bonds. The fraction of sp³-hybridized carbons (Fsp3) is 0.167. The quantitative estimate of drug-likeness (QED) is 0.804. The molecule has 0 radical (unpaired) electrons. The zero-order valence-electron chi connectivity index (χ0n) is 5.65. The van der Waals surface area contributed by atoms with Gasteiger partial charge in [0.2, 0.25) is 0 Å². The third-order valence-corrected chi connectivity index (χ3v) is 3.14. The van der Waals surface area contributed by atoms with Gasteiger partial charge in [0.25, 0.3) is 0 Å². The van der Waals surface area contributed by atoms with Crippen molar-refractivity contribution in [2.45, 2.75) is 0 Å². The molecule has 1 N–H and O–H groups in total. The number of esters is 1. The van der Waals surface area contributed by atoms with E-state index in [0.29, 0.717) is 10.2 Å². The predicted octanol–water partition coefficient (Wildman–Crippen LogP) is 2.33. The van der Waals surface area contributed by atoms with Crippen molar-refractivity contribution in [1.29, 1.82) is 0 Å². The number of hydrogen-bond acceptors (Lipinski definition) is 2. The van der Waals surface area contributed by atoms with Crippen LogP contribution in [0.1, 0.15) is 10.5 Å². The average Bonchev–Trinajstić information content (AvgIpc) is 2.32. The number of aromatic nitrogens is 1. The Morgan fingerprint density at radius 2 is 2.27 bits per heavy atom. The maximum Gasteiger partial charge on any atom is 0.355 e. The molecule has 0 spiro atoms. The lowest BCUT2D eigenvalue weighted by Gasteiger charge is -1.94. The van der Waals surface area contributed by atoms with Crippen LogP contribution in [0.15, 0.2) is 15.1 Å². The van der Waals surface area contributed by atoms with Gasteiger partial charge in [0.15, 0.2) is 0 Å². The number of rotatable bonds is 1. The second-order valence-electron chi connectivity index (χ2n) is 1.82. The minimum atomic E-state index is -0.387. The van der Waals surface area contributed by atoms with Crippen molar-refractivity contribution in [3.8, 4) is 0 Å². The van der Waals surface area contributed by atoms with Crippen LogP contribution in [0.25, 0.3) is 0 Å². The molecular formula is C6H5Br2NO2. The fourth-order valence-electron chi connectivity index (χ4n) is 0.632. The minimum absolute atomic E-state index is 0.387. The highest BCUT2D eigenvalue weighted by atomic mass is 79.9. The molecule has 0 unspecified atom stereocenters. The summed E-state index contributed by atoms with van der Waals surface area (Å²) in [4.78, 5) is 13.7. The van der Waals surface area contributed by atoms with Crippen LogP contribution in [-0.4, -0.2) is 18.1 Å². The third-order valence-electron chi connectivity index (χ3n) is 1.16. The van der Waals surface area contributed by atoms with E-state index in [1.54, 1.807) is 6.20 Å². The number of nitrogens with one attached hydrogen (secondary N) is 1. The Labute approximate surface area is 80.4 Å². The van der Waals surface area contributed by atoms with Gasteiger partial charge in [-0.3, -0.25) is 0 Å². The van der Waals surface area contributed by atoms with E-state index in [1.807, 2.05) is 0 Å². The van der Waals surface area contributed by atoms with Gasteiger partial charge in [0.05, 0.1) is 16.1 Å². The third kappa shape index (κ3) is 1.65. The number of aromatic amines is 1. The Balaban J connectivity index is 3.04. The van der Waals surface area contributed by atoms with Gasteiger partial charge in [-0.05, 0) is 31.9 Å². The SMILES string of the molecule is COC(=O)c1[nH]cc(Br)c1Br. The summed E-state index contributed by atoms with van der Waals surface area (Å²) < 4.78 is 6.00. The smallest absolute Gasteiger partial charge is 0.355 e. The molecule has 5 heteroatoms. The monoisotopic (exact) mass is 281 g/mol. The summed E-state index contributed by atoms with van der Waals surface area (Å²) in [6.07, 6.45) is 1.66. The van der Waals surface area contributed by atoms with Crippen LogP contribution in [0.5, 0.6) is 0 Å². The van der Waals surface area contributed by atoms with Crippen molar-refractivity contribution in [2.24, 2.45) is 0 Å². The molecule has 0 aliphatic carbocycles. The van der Waals surface area contributed by atoms with E-state index in [-0.39, 0.29) is 5.97 Å². The Kier molecular flexibility index (Phi) is 2.72. The average molecular weight is 283 g/mol. The van der Waals surface area contributed by atoms with E-state index in [9.17, 15) is 4.79 Å². The second kappa shape index (κ2) is 3.40. The zero-order valence-corrected chi connectivity index (χ0v) is 8.82. The number of halogens is 2. The molecule has 0 bridgehead atoms. The van der Waals surface area contributed by atoms with Gasteiger partial charge in [0, 0.05) is 6.20 Å². The Bertz CT molecular complexity index is 282. The van der Waals surface area contributed by atoms with E-state index in [2.05, 4.69) is 41.6 Å². The van der Waals surface area contributed by atoms with Gasteiger partial charge in [-0.1, -0.05) is 0 Å². The predicted molar refractivity (Wildman–Crippen MR) is 47.5 cm³/mol. The first kappa shape index (κ1) is 8.80. The fourth-order valence-corrected chi connectivity index (χ4v) is 1.34. The second-order valence-corrected chi connectivity index (χ2v) is 3.46. The molecule has 0 saturated carbocycles. The molecule has 3 nitrogen and oxygen atoms in total. The van der Waals surface area contributed by atoms with Crippen molar-refractivity contribution < 1.29 is 9.53 Å². The van der Waals surface area contributed by atoms with Crippen molar-refractivity contribution in [3.63, 3.8) is 0 Å². The molecule has 1 heterocycles. The van der Waals surface area contributed by atoms with Crippen molar-refractivity contribution in [1.82, 2.24) is 4.98 Å². The Hall–Kier alpha value is -0.290. The Morgan fingerprint density at radius 3 is 2.64 bits per heavy atom. The largest absolute Gasteiger partial charge is 0.464 e. The number of hydrogen-bond donors (Lipinski definition) is 1. The summed E-state index contributed by atoms with van der Waals surface area (Å²) in [7, 11) is 1.34. The molecule has 0 fully saturated rings. The summed E-state index contributed by atoms with van der Waals surface area (Å²) in [5.74, 6) is -0.387. The standard InChI is InChI=1S/C6H5Br2NO2/c1-11-6(10)5-4(8)3(7)2-9-5/h2,9H,1H3. The first-order valence-electron chi connectivity index (χ1n) is 2.77. The van der Waals surface area contributed by atoms with Gasteiger partial charge in [-0.15, -0.1) is 0 Å². The van der Waals surface area contributed by atoms with Crippen molar-refractivity contribution in [3.05, 3.63) is 20.8 Å². The number of carbonyl (C=O) groups excluding carboxylic acids is 1. The van der Waals surface area contributed by atoms with Gasteiger partial charge < -0.3 is 9.72 Å². The van der Waals surface area contributed by atoms with Crippen LogP contribution in [0.4, 0.5) is 0 Å². The van der Waals surface area contributed by atoms with Crippen LogP contribution in [-0.2, 0) is 4.74 Å². The molecule has 11 heavy (non-hydrogen) atoms. The minimum Gasteiger partial charge on any atom is -0.464 e. The van der Waals surface area contributed by atoms with Crippen LogP contribution < -0.4 is 0 Å². The van der Waals surface area contributed by atoms with Crippen molar-refractivity contribution >= 4 is 37.8 Å². The molecule has 1 rings (SSSR count). The maximum atomic E-state index is 10.9. The summed E-state index contributed by atoms with van der Waals surface area (Å²) in [5, 5.41) is 0. The lowest BCUT2D eigenvalue weighted by molar-refractivity contribution is 0.0594. The maximum absolute atomic E-state index is 10.9. The summed E-state index contributed by atoms with van der Waals surface area (Å²) in [5.41, 5.74) is 0.416. The number of H-pyrrole nitrogens is 1. The van der Waals surface area contributed by atoms with E-state index >= 15 is 0 Å². The van der Waals surface area contributed by atoms with E-state index in [4.69, 9.17) is 0 Å². The number of carbonyl (C=O) groups is 1. The van der Waals surface area contributed by atoms with Gasteiger partial charge in [-0.25, -0.2) is 4.79 Å². The molecule has 1 aromatic rings. The van der Waals surface area contributed by atoms with Gasteiger partial charge >= 0.3 is 5.97 Å². The van der Waals surface area contributed by atoms with E-state index in [0.717, 1.165) is 4.47 Å².